The van der Waals surface area contributed by atoms with Crippen LogP contribution in [0.2, 0.25) is 0 Å². The summed E-state index contributed by atoms with van der Waals surface area (Å²) < 4.78 is 5.16. The van der Waals surface area contributed by atoms with E-state index in [1.165, 1.54) is 29.2 Å². The Morgan fingerprint density at radius 2 is 1.80 bits per heavy atom. The Bertz CT molecular complexity index is 540. The van der Waals surface area contributed by atoms with Gasteiger partial charge in [-0.3, -0.25) is 9.59 Å². The van der Waals surface area contributed by atoms with E-state index in [4.69, 9.17) is 15.6 Å². The third kappa shape index (κ3) is 2.94. The zero-order valence-corrected chi connectivity index (χ0v) is 10.6. The summed E-state index contributed by atoms with van der Waals surface area (Å²) in [5, 5.41) is 8.80. The van der Waals surface area contributed by atoms with E-state index in [0.29, 0.717) is 12.1 Å². The van der Waals surface area contributed by atoms with Gasteiger partial charge >= 0.3 is 5.97 Å². The largest absolute Gasteiger partial charge is 0.478 e. The van der Waals surface area contributed by atoms with Crippen LogP contribution in [0.5, 0.6) is 0 Å². The summed E-state index contributed by atoms with van der Waals surface area (Å²) in [5.74, 6) is -1.94. The Morgan fingerprint density at radius 1 is 1.20 bits per heavy atom. The third-order valence-corrected chi connectivity index (χ3v) is 3.05. The predicted octanol–water partition coefficient (Wildman–Crippen LogP) is -0.289. The van der Waals surface area contributed by atoms with E-state index in [2.05, 4.69) is 0 Å². The SMILES string of the molecule is NC(=O)C1CN(C(=O)c2ccc(C(=O)O)cc2)CCO1. The predicted molar refractivity (Wildman–Crippen MR) is 68.2 cm³/mol. The van der Waals surface area contributed by atoms with E-state index >= 15 is 0 Å². The Kier molecular flexibility index (Phi) is 3.99. The molecule has 7 nitrogen and oxygen atoms in total. The van der Waals surface area contributed by atoms with Gasteiger partial charge in [0.15, 0.2) is 6.10 Å². The van der Waals surface area contributed by atoms with Crippen molar-refractivity contribution >= 4 is 17.8 Å². The van der Waals surface area contributed by atoms with Crippen molar-refractivity contribution in [2.45, 2.75) is 6.10 Å². The Morgan fingerprint density at radius 3 is 2.35 bits per heavy atom. The fraction of sp³-hybridized carbons (Fsp3) is 0.308. The van der Waals surface area contributed by atoms with E-state index < -0.39 is 18.0 Å². The highest BCUT2D eigenvalue weighted by molar-refractivity contribution is 5.96. The summed E-state index contributed by atoms with van der Waals surface area (Å²) in [4.78, 5) is 35.5. The number of benzene rings is 1. The molecule has 1 fully saturated rings. The summed E-state index contributed by atoms with van der Waals surface area (Å²) in [6.07, 6.45) is -0.800. The monoisotopic (exact) mass is 278 g/mol. The van der Waals surface area contributed by atoms with Gasteiger partial charge in [0.2, 0.25) is 5.91 Å². The van der Waals surface area contributed by atoms with Crippen molar-refractivity contribution in [2.75, 3.05) is 19.7 Å². The molecular weight excluding hydrogens is 264 g/mol. The Labute approximate surface area is 114 Å². The molecule has 1 unspecified atom stereocenters. The molecule has 1 aliphatic heterocycles. The Hall–Kier alpha value is -2.41. The number of carbonyl (C=O) groups is 3. The second-order valence-corrected chi connectivity index (χ2v) is 4.40. The average molecular weight is 278 g/mol. The van der Waals surface area contributed by atoms with Crippen LogP contribution in [0.1, 0.15) is 20.7 Å². The number of nitrogens with zero attached hydrogens (tertiary/aromatic N) is 1. The smallest absolute Gasteiger partial charge is 0.335 e. The minimum Gasteiger partial charge on any atom is -0.478 e. The molecule has 1 aliphatic rings. The second kappa shape index (κ2) is 5.70. The van der Waals surface area contributed by atoms with Crippen LogP contribution in [-0.4, -0.2) is 53.6 Å². The molecule has 1 atom stereocenters. The molecule has 7 heteroatoms. The molecule has 1 aromatic rings. The lowest BCUT2D eigenvalue weighted by Gasteiger charge is -2.31. The van der Waals surface area contributed by atoms with Gasteiger partial charge in [-0.2, -0.15) is 0 Å². The minimum absolute atomic E-state index is 0.106. The summed E-state index contributed by atoms with van der Waals surface area (Å²) in [7, 11) is 0. The van der Waals surface area contributed by atoms with Crippen LogP contribution < -0.4 is 5.73 Å². The van der Waals surface area contributed by atoms with Gasteiger partial charge in [-0.1, -0.05) is 0 Å². The molecule has 2 rings (SSSR count). The maximum atomic E-state index is 12.2. The number of aromatic carboxylic acids is 1. The molecule has 1 aromatic carbocycles. The summed E-state index contributed by atoms with van der Waals surface area (Å²) in [6.45, 7) is 0.713. The first-order chi connectivity index (χ1) is 9.49. The van der Waals surface area contributed by atoms with Gasteiger partial charge in [0.25, 0.3) is 5.91 Å². The zero-order valence-electron chi connectivity index (χ0n) is 10.6. The number of morpholine rings is 1. The van der Waals surface area contributed by atoms with Crippen LogP contribution in [-0.2, 0) is 9.53 Å². The normalized spacial score (nSPS) is 18.6. The maximum absolute atomic E-state index is 12.2. The van der Waals surface area contributed by atoms with Crippen molar-refractivity contribution in [3.05, 3.63) is 35.4 Å². The highest BCUT2D eigenvalue weighted by Crippen LogP contribution is 2.12. The topological polar surface area (TPSA) is 110 Å². The van der Waals surface area contributed by atoms with Crippen LogP contribution in [0.15, 0.2) is 24.3 Å². The number of primary amides is 1. The quantitative estimate of drug-likeness (QED) is 0.789. The number of nitrogens with two attached hydrogens (primary N) is 1. The maximum Gasteiger partial charge on any atom is 0.335 e. The average Bonchev–Trinajstić information content (AvgIpc) is 2.46. The second-order valence-electron chi connectivity index (χ2n) is 4.40. The molecular formula is C13H14N2O5. The van der Waals surface area contributed by atoms with Crippen molar-refractivity contribution < 1.29 is 24.2 Å². The minimum atomic E-state index is -1.05. The fourth-order valence-corrected chi connectivity index (χ4v) is 1.94. The lowest BCUT2D eigenvalue weighted by Crippen LogP contribution is -2.50. The molecule has 0 saturated carbocycles. The van der Waals surface area contributed by atoms with Crippen molar-refractivity contribution in [3.8, 4) is 0 Å². The Balaban J connectivity index is 2.10. The first kappa shape index (κ1) is 14.0. The van der Waals surface area contributed by atoms with Crippen molar-refractivity contribution in [1.82, 2.24) is 4.90 Å². The van der Waals surface area contributed by atoms with Gasteiger partial charge in [-0.15, -0.1) is 0 Å². The molecule has 2 amide bonds. The molecule has 0 aliphatic carbocycles. The summed E-state index contributed by atoms with van der Waals surface area (Å²) >= 11 is 0. The third-order valence-electron chi connectivity index (χ3n) is 3.05. The van der Waals surface area contributed by atoms with Gasteiger partial charge < -0.3 is 20.5 Å². The van der Waals surface area contributed by atoms with Gasteiger partial charge in [0.05, 0.1) is 18.7 Å². The van der Waals surface area contributed by atoms with Crippen LogP contribution in [0.25, 0.3) is 0 Å². The van der Waals surface area contributed by atoms with Crippen molar-refractivity contribution in [3.63, 3.8) is 0 Å². The molecule has 0 aromatic heterocycles. The van der Waals surface area contributed by atoms with Gasteiger partial charge in [-0.25, -0.2) is 4.79 Å². The number of ether oxygens (including phenoxy) is 1. The lowest BCUT2D eigenvalue weighted by atomic mass is 10.1. The number of carbonyl (C=O) groups excluding carboxylic acids is 2. The van der Waals surface area contributed by atoms with E-state index in [0.717, 1.165) is 0 Å². The zero-order chi connectivity index (χ0) is 14.7. The van der Waals surface area contributed by atoms with Crippen molar-refractivity contribution in [1.29, 1.82) is 0 Å². The van der Waals surface area contributed by atoms with E-state index in [1.54, 1.807) is 0 Å². The molecule has 1 saturated heterocycles. The standard InChI is InChI=1S/C13H14N2O5/c14-11(16)10-7-15(5-6-20-10)12(17)8-1-3-9(4-2-8)13(18)19/h1-4,10H,5-7H2,(H2,14,16)(H,18,19). The molecule has 1 heterocycles. The van der Waals surface area contributed by atoms with Gasteiger partial charge in [0.1, 0.15) is 0 Å². The number of carboxylic acids is 1. The number of rotatable bonds is 3. The van der Waals surface area contributed by atoms with E-state index in [1.807, 2.05) is 0 Å². The first-order valence-electron chi connectivity index (χ1n) is 6.02. The number of amides is 2. The molecule has 3 N–H and O–H groups in total. The number of hydrogen-bond acceptors (Lipinski definition) is 4. The summed E-state index contributed by atoms with van der Waals surface area (Å²) in [5.41, 5.74) is 5.63. The molecule has 106 valence electrons. The molecule has 20 heavy (non-hydrogen) atoms. The van der Waals surface area contributed by atoms with Crippen LogP contribution in [0.3, 0.4) is 0 Å². The highest BCUT2D eigenvalue weighted by Gasteiger charge is 2.28. The van der Waals surface area contributed by atoms with Gasteiger partial charge in [-0.05, 0) is 24.3 Å². The van der Waals surface area contributed by atoms with Crippen molar-refractivity contribution in [2.24, 2.45) is 5.73 Å². The highest BCUT2D eigenvalue weighted by atomic mass is 16.5. The molecule has 0 bridgehead atoms. The van der Waals surface area contributed by atoms with E-state index in [9.17, 15) is 14.4 Å². The number of hydrogen-bond donors (Lipinski definition) is 2. The lowest BCUT2D eigenvalue weighted by molar-refractivity contribution is -0.133. The fourth-order valence-electron chi connectivity index (χ4n) is 1.94. The van der Waals surface area contributed by atoms with Crippen LogP contribution >= 0.6 is 0 Å². The van der Waals surface area contributed by atoms with Crippen LogP contribution in [0.4, 0.5) is 0 Å². The molecule has 0 radical (unpaired) electrons. The van der Waals surface area contributed by atoms with Gasteiger partial charge in [0, 0.05) is 12.1 Å². The summed E-state index contributed by atoms with van der Waals surface area (Å²) in [6, 6.07) is 5.62. The van der Waals surface area contributed by atoms with E-state index in [-0.39, 0.29) is 24.6 Å². The molecule has 0 spiro atoms. The number of carboxylic acid groups (broad SMARTS) is 1. The first-order valence-corrected chi connectivity index (χ1v) is 6.02. The van der Waals surface area contributed by atoms with Crippen LogP contribution in [0, 0.1) is 0 Å².